The number of ether oxygens (including phenoxy) is 1. The number of hydrogen-bond donors (Lipinski definition) is 1. The first kappa shape index (κ1) is 24.3. The number of fused-ring (bicyclic) bond motifs is 1. The number of carbonyl (C=O) groups is 2. The summed E-state index contributed by atoms with van der Waals surface area (Å²) < 4.78 is 6.84. The van der Waals surface area contributed by atoms with Crippen molar-refractivity contribution in [1.82, 2.24) is 9.47 Å². The van der Waals surface area contributed by atoms with Crippen LogP contribution in [-0.4, -0.2) is 41.2 Å². The number of benzene rings is 3. The van der Waals surface area contributed by atoms with Crippen molar-refractivity contribution in [2.75, 3.05) is 25.0 Å². The highest BCUT2D eigenvalue weighted by atomic mass is 16.6. The zero-order valence-corrected chi connectivity index (χ0v) is 20.7. The Balaban J connectivity index is 1.33. The molecular formula is C30H29N3O4. The van der Waals surface area contributed by atoms with Gasteiger partial charge < -0.3 is 19.5 Å². The van der Waals surface area contributed by atoms with Crippen LogP contribution in [-0.2, 0) is 4.74 Å². The summed E-state index contributed by atoms with van der Waals surface area (Å²) in [5.41, 5.74) is 3.16. The lowest BCUT2D eigenvalue weighted by molar-refractivity contribution is 0.0923. The third-order valence-electron chi connectivity index (χ3n) is 6.86. The number of amides is 2. The smallest absolute Gasteiger partial charge is 0.409 e. The fourth-order valence-corrected chi connectivity index (χ4v) is 4.87. The van der Waals surface area contributed by atoms with Crippen molar-refractivity contribution in [2.24, 2.45) is 0 Å². The van der Waals surface area contributed by atoms with Crippen LogP contribution in [0.3, 0.4) is 0 Å². The number of anilines is 1. The van der Waals surface area contributed by atoms with Crippen LogP contribution in [0.15, 0.2) is 89.9 Å². The molecule has 0 aliphatic carbocycles. The molecule has 188 valence electrons. The van der Waals surface area contributed by atoms with Crippen LogP contribution < -0.4 is 10.9 Å². The number of nitrogens with one attached hydrogen (secondary N) is 1. The zero-order valence-electron chi connectivity index (χ0n) is 20.7. The molecule has 37 heavy (non-hydrogen) atoms. The topological polar surface area (TPSA) is 80.6 Å². The van der Waals surface area contributed by atoms with E-state index in [2.05, 4.69) is 5.32 Å². The number of carbonyl (C=O) groups excluding carboxylic acids is 2. The Morgan fingerprint density at radius 3 is 2.27 bits per heavy atom. The maximum Gasteiger partial charge on any atom is 0.409 e. The van der Waals surface area contributed by atoms with E-state index in [1.54, 1.807) is 52.9 Å². The molecule has 7 heteroatoms. The molecule has 0 atom stereocenters. The van der Waals surface area contributed by atoms with Crippen molar-refractivity contribution < 1.29 is 14.3 Å². The second-order valence-corrected chi connectivity index (χ2v) is 9.11. The van der Waals surface area contributed by atoms with Crippen LogP contribution in [0, 0.1) is 0 Å². The van der Waals surface area contributed by atoms with Crippen molar-refractivity contribution in [3.05, 3.63) is 101 Å². The summed E-state index contributed by atoms with van der Waals surface area (Å²) in [6.07, 6.45) is 2.85. The van der Waals surface area contributed by atoms with Gasteiger partial charge in [0.05, 0.1) is 6.61 Å². The minimum atomic E-state index is -0.304. The fourth-order valence-electron chi connectivity index (χ4n) is 4.87. The third kappa shape index (κ3) is 5.11. The number of nitrogens with zero attached hydrogens (tertiary/aromatic N) is 2. The number of pyridine rings is 1. The molecule has 1 saturated heterocycles. The normalized spacial score (nSPS) is 13.9. The second-order valence-electron chi connectivity index (χ2n) is 9.11. The van der Waals surface area contributed by atoms with Gasteiger partial charge in [-0.05, 0) is 61.2 Å². The predicted octanol–water partition coefficient (Wildman–Crippen LogP) is 5.71. The monoisotopic (exact) mass is 495 g/mol. The second kappa shape index (κ2) is 10.7. The van der Waals surface area contributed by atoms with E-state index in [-0.39, 0.29) is 23.6 Å². The maximum atomic E-state index is 13.4. The Bertz CT molecular complexity index is 1470. The Morgan fingerprint density at radius 1 is 0.865 bits per heavy atom. The number of rotatable bonds is 5. The van der Waals surface area contributed by atoms with Gasteiger partial charge in [0.1, 0.15) is 0 Å². The molecule has 1 aliphatic heterocycles. The van der Waals surface area contributed by atoms with Gasteiger partial charge in [-0.25, -0.2) is 4.79 Å². The standard InChI is InChI=1S/C30H29N3O4/c1-2-37-30(36)32-18-15-24(16-19-32)33-20-17-25-26(29(33)35)9-6-10-27(25)31-28(34)23-13-11-22(12-14-23)21-7-4-3-5-8-21/h3-14,17,20,24H,2,15-16,18-19H2,1H3,(H,31,34). The van der Waals surface area contributed by atoms with E-state index in [0.29, 0.717) is 54.6 Å². The van der Waals surface area contributed by atoms with Crippen molar-refractivity contribution in [1.29, 1.82) is 0 Å². The lowest BCUT2D eigenvalue weighted by Crippen LogP contribution is -2.41. The summed E-state index contributed by atoms with van der Waals surface area (Å²) in [4.78, 5) is 40.1. The summed E-state index contributed by atoms with van der Waals surface area (Å²) in [5, 5.41) is 4.22. The molecule has 4 aromatic rings. The van der Waals surface area contributed by atoms with Crippen molar-refractivity contribution in [3.63, 3.8) is 0 Å². The molecule has 1 aliphatic rings. The van der Waals surface area contributed by atoms with E-state index >= 15 is 0 Å². The lowest BCUT2D eigenvalue weighted by atomic mass is 10.0. The summed E-state index contributed by atoms with van der Waals surface area (Å²) in [5.74, 6) is -0.234. The average Bonchev–Trinajstić information content (AvgIpc) is 2.94. The SMILES string of the molecule is CCOC(=O)N1CCC(n2ccc3c(NC(=O)c4ccc(-c5ccccc5)cc4)cccc3c2=O)CC1. The lowest BCUT2D eigenvalue weighted by Gasteiger charge is -2.32. The van der Waals surface area contributed by atoms with Crippen molar-refractivity contribution in [3.8, 4) is 11.1 Å². The van der Waals surface area contributed by atoms with Gasteiger partial charge in [0.15, 0.2) is 0 Å². The predicted molar refractivity (Wildman–Crippen MR) is 145 cm³/mol. The van der Waals surface area contributed by atoms with Crippen LogP contribution >= 0.6 is 0 Å². The van der Waals surface area contributed by atoms with Gasteiger partial charge in [-0.15, -0.1) is 0 Å². The minimum Gasteiger partial charge on any atom is -0.450 e. The summed E-state index contributed by atoms with van der Waals surface area (Å²) in [7, 11) is 0. The molecule has 0 saturated carbocycles. The Kier molecular flexibility index (Phi) is 7.03. The maximum absolute atomic E-state index is 13.4. The van der Waals surface area contributed by atoms with Gasteiger partial charge in [0.2, 0.25) is 0 Å². The van der Waals surface area contributed by atoms with E-state index in [9.17, 15) is 14.4 Å². The molecule has 1 aromatic heterocycles. The highest BCUT2D eigenvalue weighted by Gasteiger charge is 2.25. The van der Waals surface area contributed by atoms with Crippen molar-refractivity contribution >= 4 is 28.5 Å². The van der Waals surface area contributed by atoms with E-state index < -0.39 is 0 Å². The highest BCUT2D eigenvalue weighted by molar-refractivity contribution is 6.09. The highest BCUT2D eigenvalue weighted by Crippen LogP contribution is 2.26. The first-order chi connectivity index (χ1) is 18.0. The van der Waals surface area contributed by atoms with Crippen LogP contribution in [0.25, 0.3) is 21.9 Å². The number of piperidine rings is 1. The molecule has 1 N–H and O–H groups in total. The molecule has 0 unspecified atom stereocenters. The first-order valence-corrected chi connectivity index (χ1v) is 12.6. The molecule has 7 nitrogen and oxygen atoms in total. The number of aromatic nitrogens is 1. The van der Waals surface area contributed by atoms with Gasteiger partial charge in [-0.3, -0.25) is 9.59 Å². The van der Waals surface area contributed by atoms with Gasteiger partial charge in [0, 0.05) is 47.4 Å². The quantitative estimate of drug-likeness (QED) is 0.384. The molecular weight excluding hydrogens is 466 g/mol. The van der Waals surface area contributed by atoms with Crippen LogP contribution in [0.5, 0.6) is 0 Å². The number of likely N-dealkylation sites (tertiary alicyclic amines) is 1. The fraction of sp³-hybridized carbons (Fsp3) is 0.233. The largest absolute Gasteiger partial charge is 0.450 e. The average molecular weight is 496 g/mol. The Morgan fingerprint density at radius 2 is 1.57 bits per heavy atom. The summed E-state index contributed by atoms with van der Waals surface area (Å²) in [6, 6.07) is 24.7. The molecule has 2 amide bonds. The van der Waals surface area contributed by atoms with E-state index in [1.165, 1.54) is 0 Å². The first-order valence-electron chi connectivity index (χ1n) is 12.6. The van der Waals surface area contributed by atoms with Crippen molar-refractivity contribution in [2.45, 2.75) is 25.8 Å². The third-order valence-corrected chi connectivity index (χ3v) is 6.86. The van der Waals surface area contributed by atoms with Crippen LogP contribution in [0.4, 0.5) is 10.5 Å². The molecule has 0 spiro atoms. The van der Waals surface area contributed by atoms with E-state index in [4.69, 9.17) is 4.74 Å². The van der Waals surface area contributed by atoms with Crippen LogP contribution in [0.2, 0.25) is 0 Å². The molecule has 2 heterocycles. The van der Waals surface area contributed by atoms with Gasteiger partial charge in [-0.1, -0.05) is 48.5 Å². The van der Waals surface area contributed by atoms with Gasteiger partial charge in [-0.2, -0.15) is 0 Å². The minimum absolute atomic E-state index is 0.00366. The van der Waals surface area contributed by atoms with Gasteiger partial charge >= 0.3 is 6.09 Å². The molecule has 0 radical (unpaired) electrons. The summed E-state index contributed by atoms with van der Waals surface area (Å²) >= 11 is 0. The molecule has 5 rings (SSSR count). The van der Waals surface area contributed by atoms with Crippen LogP contribution in [0.1, 0.15) is 36.2 Å². The number of hydrogen-bond acceptors (Lipinski definition) is 4. The Labute approximate surface area is 215 Å². The molecule has 1 fully saturated rings. The Hall–Kier alpha value is -4.39. The van der Waals surface area contributed by atoms with Gasteiger partial charge in [0.25, 0.3) is 11.5 Å². The molecule has 3 aromatic carbocycles. The van der Waals surface area contributed by atoms with E-state index in [0.717, 1.165) is 11.1 Å². The summed E-state index contributed by atoms with van der Waals surface area (Å²) in [6.45, 7) is 3.23. The molecule has 0 bridgehead atoms. The van der Waals surface area contributed by atoms with E-state index in [1.807, 2.05) is 48.5 Å². The zero-order chi connectivity index (χ0) is 25.8.